The van der Waals surface area contributed by atoms with Crippen molar-refractivity contribution >= 4 is 17.3 Å². The lowest BCUT2D eigenvalue weighted by atomic mass is 10.2. The highest BCUT2D eigenvalue weighted by atomic mass is 32.1. The van der Waals surface area contributed by atoms with E-state index in [-0.39, 0.29) is 5.56 Å². The van der Waals surface area contributed by atoms with Gasteiger partial charge >= 0.3 is 5.97 Å². The summed E-state index contributed by atoms with van der Waals surface area (Å²) in [6, 6.07) is 5.59. The molecular formula is C13H14O4S. The van der Waals surface area contributed by atoms with Gasteiger partial charge in [0.05, 0.1) is 6.61 Å². The minimum Gasteiger partial charge on any atom is -0.478 e. The molecule has 1 N–H and O–H groups in total. The molecule has 0 bridgehead atoms. The Morgan fingerprint density at radius 3 is 3.00 bits per heavy atom. The summed E-state index contributed by atoms with van der Waals surface area (Å²) in [6.45, 7) is 2.54. The highest BCUT2D eigenvalue weighted by molar-refractivity contribution is 7.09. The van der Waals surface area contributed by atoms with Crippen molar-refractivity contribution in [1.82, 2.24) is 0 Å². The van der Waals surface area contributed by atoms with Crippen LogP contribution in [0.1, 0.15) is 26.8 Å². The Morgan fingerprint density at radius 1 is 1.56 bits per heavy atom. The fraction of sp³-hybridized carbons (Fsp3) is 0.308. The number of carboxylic acids is 1. The second-order valence-electron chi connectivity index (χ2n) is 3.87. The van der Waals surface area contributed by atoms with E-state index in [4.69, 9.17) is 14.3 Å². The molecule has 0 aliphatic carbocycles. The highest BCUT2D eigenvalue weighted by Gasteiger charge is 2.13. The molecule has 18 heavy (non-hydrogen) atoms. The van der Waals surface area contributed by atoms with Crippen molar-refractivity contribution in [1.29, 1.82) is 0 Å². The fourth-order valence-corrected chi connectivity index (χ4v) is 2.32. The van der Waals surface area contributed by atoms with Crippen molar-refractivity contribution < 1.29 is 19.1 Å². The first-order chi connectivity index (χ1) is 8.66. The summed E-state index contributed by atoms with van der Waals surface area (Å²) in [5.74, 6) is -0.00322. The molecule has 0 spiro atoms. The maximum atomic E-state index is 10.8. The molecule has 0 unspecified atom stereocenters. The Labute approximate surface area is 109 Å². The number of thiophene rings is 1. The van der Waals surface area contributed by atoms with E-state index in [2.05, 4.69) is 6.07 Å². The minimum absolute atomic E-state index is 0.201. The van der Waals surface area contributed by atoms with Gasteiger partial charge < -0.3 is 14.3 Å². The van der Waals surface area contributed by atoms with Gasteiger partial charge in [-0.25, -0.2) is 4.79 Å². The zero-order valence-corrected chi connectivity index (χ0v) is 10.8. The third kappa shape index (κ3) is 3.21. The molecule has 0 atom stereocenters. The molecule has 0 amide bonds. The van der Waals surface area contributed by atoms with Crippen LogP contribution >= 0.6 is 11.3 Å². The van der Waals surface area contributed by atoms with Gasteiger partial charge in [0.2, 0.25) is 0 Å². The first-order valence-electron chi connectivity index (χ1n) is 5.59. The number of hydrogen-bond acceptors (Lipinski definition) is 4. The lowest BCUT2D eigenvalue weighted by molar-refractivity contribution is 0.0695. The number of hydrogen-bond donors (Lipinski definition) is 1. The molecule has 4 nitrogen and oxygen atoms in total. The molecule has 2 heterocycles. The third-order valence-electron chi connectivity index (χ3n) is 2.52. The summed E-state index contributed by atoms with van der Waals surface area (Å²) in [6.07, 6.45) is 0.864. The van der Waals surface area contributed by atoms with E-state index < -0.39 is 5.97 Å². The third-order valence-corrected chi connectivity index (χ3v) is 3.45. The van der Waals surface area contributed by atoms with Crippen LogP contribution in [-0.4, -0.2) is 17.7 Å². The van der Waals surface area contributed by atoms with Crippen molar-refractivity contribution in [3.05, 3.63) is 45.5 Å². The molecule has 0 fully saturated rings. The molecule has 0 aliphatic heterocycles. The van der Waals surface area contributed by atoms with Gasteiger partial charge in [-0.15, -0.1) is 11.3 Å². The molecule has 0 saturated carbocycles. The van der Waals surface area contributed by atoms with Crippen molar-refractivity contribution in [2.24, 2.45) is 0 Å². The van der Waals surface area contributed by atoms with Crippen molar-refractivity contribution in [3.8, 4) is 0 Å². The van der Waals surface area contributed by atoms with Crippen LogP contribution in [0.2, 0.25) is 0 Å². The van der Waals surface area contributed by atoms with Crippen LogP contribution in [0.4, 0.5) is 0 Å². The van der Waals surface area contributed by atoms with E-state index >= 15 is 0 Å². The second-order valence-corrected chi connectivity index (χ2v) is 4.90. The number of carboxylic acid groups (broad SMARTS) is 1. The maximum absolute atomic E-state index is 10.8. The van der Waals surface area contributed by atoms with Crippen molar-refractivity contribution in [3.63, 3.8) is 0 Å². The maximum Gasteiger partial charge on any atom is 0.339 e. The summed E-state index contributed by atoms with van der Waals surface area (Å²) in [4.78, 5) is 12.1. The molecule has 5 heteroatoms. The van der Waals surface area contributed by atoms with Gasteiger partial charge in [0.15, 0.2) is 0 Å². The van der Waals surface area contributed by atoms with Crippen LogP contribution in [-0.2, 0) is 17.8 Å². The van der Waals surface area contributed by atoms with Crippen LogP contribution < -0.4 is 0 Å². The van der Waals surface area contributed by atoms with E-state index in [0.29, 0.717) is 24.7 Å². The Morgan fingerprint density at radius 2 is 2.39 bits per heavy atom. The van der Waals surface area contributed by atoms with Gasteiger partial charge in [-0.05, 0) is 24.4 Å². The lowest BCUT2D eigenvalue weighted by Crippen LogP contribution is -1.97. The molecule has 2 aromatic heterocycles. The van der Waals surface area contributed by atoms with E-state index in [1.165, 1.54) is 10.9 Å². The normalized spacial score (nSPS) is 10.7. The SMILES string of the molecule is Cc1oc(COCCc2cccs2)cc1C(=O)O. The summed E-state index contributed by atoms with van der Waals surface area (Å²) in [7, 11) is 0. The number of carbonyl (C=O) groups is 1. The van der Waals surface area contributed by atoms with Gasteiger partial charge in [-0.2, -0.15) is 0 Å². The number of aromatic carboxylic acids is 1. The summed E-state index contributed by atoms with van der Waals surface area (Å²) in [5, 5.41) is 10.9. The monoisotopic (exact) mass is 266 g/mol. The van der Waals surface area contributed by atoms with Crippen LogP contribution in [0, 0.1) is 6.92 Å². The van der Waals surface area contributed by atoms with Crippen LogP contribution in [0.15, 0.2) is 28.0 Å². The number of rotatable bonds is 6. The summed E-state index contributed by atoms with van der Waals surface area (Å²) >= 11 is 1.70. The molecule has 0 radical (unpaired) electrons. The highest BCUT2D eigenvalue weighted by Crippen LogP contribution is 2.16. The van der Waals surface area contributed by atoms with Gasteiger partial charge in [-0.1, -0.05) is 6.07 Å². The average molecular weight is 266 g/mol. The van der Waals surface area contributed by atoms with Gasteiger partial charge in [0, 0.05) is 11.3 Å². The average Bonchev–Trinajstić information content (AvgIpc) is 2.94. The summed E-state index contributed by atoms with van der Waals surface area (Å²) in [5.41, 5.74) is 0.201. The Balaban J connectivity index is 1.80. The number of aryl methyl sites for hydroxylation is 1. The Hall–Kier alpha value is -1.59. The van der Waals surface area contributed by atoms with Crippen LogP contribution in [0.3, 0.4) is 0 Å². The van der Waals surface area contributed by atoms with Gasteiger partial charge in [0.1, 0.15) is 23.7 Å². The fourth-order valence-electron chi connectivity index (χ4n) is 1.63. The topological polar surface area (TPSA) is 59.7 Å². The quantitative estimate of drug-likeness (QED) is 0.816. The van der Waals surface area contributed by atoms with Crippen LogP contribution in [0.5, 0.6) is 0 Å². The zero-order valence-electron chi connectivity index (χ0n) is 10.0. The van der Waals surface area contributed by atoms with Crippen molar-refractivity contribution in [2.75, 3.05) is 6.61 Å². The predicted octanol–water partition coefficient (Wildman–Crippen LogP) is 3.11. The second kappa shape index (κ2) is 5.84. The van der Waals surface area contributed by atoms with E-state index in [9.17, 15) is 4.79 Å². The predicted molar refractivity (Wildman–Crippen MR) is 68.1 cm³/mol. The molecule has 96 valence electrons. The number of furan rings is 1. The molecule has 2 aromatic rings. The molecule has 0 saturated heterocycles. The molecule has 0 aromatic carbocycles. The number of ether oxygens (including phenoxy) is 1. The largest absolute Gasteiger partial charge is 0.478 e. The smallest absolute Gasteiger partial charge is 0.339 e. The van der Waals surface area contributed by atoms with E-state index in [1.54, 1.807) is 18.3 Å². The lowest BCUT2D eigenvalue weighted by Gasteiger charge is -2.00. The molecule has 0 aliphatic rings. The van der Waals surface area contributed by atoms with Crippen LogP contribution in [0.25, 0.3) is 0 Å². The first-order valence-corrected chi connectivity index (χ1v) is 6.47. The molecular weight excluding hydrogens is 252 g/mol. The van der Waals surface area contributed by atoms with Gasteiger partial charge in [0.25, 0.3) is 0 Å². The van der Waals surface area contributed by atoms with E-state index in [1.807, 2.05) is 11.4 Å². The standard InChI is InChI=1S/C13H14O4S/c1-9-12(13(14)15)7-10(17-9)8-16-5-4-11-3-2-6-18-11/h2-3,6-7H,4-5,8H2,1H3,(H,14,15). The minimum atomic E-state index is -0.971. The van der Waals surface area contributed by atoms with E-state index in [0.717, 1.165) is 6.42 Å². The zero-order chi connectivity index (χ0) is 13.0. The Kier molecular flexibility index (Phi) is 4.17. The first kappa shape index (κ1) is 12.9. The van der Waals surface area contributed by atoms with Crippen molar-refractivity contribution in [2.45, 2.75) is 20.0 Å². The summed E-state index contributed by atoms with van der Waals surface area (Å²) < 4.78 is 10.8. The van der Waals surface area contributed by atoms with Gasteiger partial charge in [-0.3, -0.25) is 0 Å². The molecule has 2 rings (SSSR count). The Bertz CT molecular complexity index is 513.